The fourth-order valence-electron chi connectivity index (χ4n) is 16.9. The highest BCUT2D eigenvalue weighted by Gasteiger charge is 2.50. The third-order valence-corrected chi connectivity index (χ3v) is 27.2. The Hall–Kier alpha value is -10.6. The van der Waals surface area contributed by atoms with Gasteiger partial charge in [0.2, 0.25) is 65.0 Å². The van der Waals surface area contributed by atoms with Gasteiger partial charge in [-0.1, -0.05) is 66.3 Å². The minimum atomic E-state index is -1.81. The summed E-state index contributed by atoms with van der Waals surface area (Å²) in [4.78, 5) is 178. The maximum absolute atomic E-state index is 16.4. The number of unbranched alkanes of at least 4 members (excludes halogenated alkanes) is 1. The van der Waals surface area contributed by atoms with Crippen molar-refractivity contribution in [2.45, 2.75) is 200 Å². The van der Waals surface area contributed by atoms with Crippen molar-refractivity contribution in [3.8, 4) is 11.4 Å². The largest absolute Gasteiger partial charge is 0.497 e. The number of thioether (sulfide) groups is 3. The van der Waals surface area contributed by atoms with Gasteiger partial charge in [-0.2, -0.15) is 35.3 Å². The van der Waals surface area contributed by atoms with E-state index in [0.29, 0.717) is 105 Å². The van der Waals surface area contributed by atoms with Crippen molar-refractivity contribution in [1.82, 2.24) is 87.8 Å². The van der Waals surface area contributed by atoms with E-state index in [1.807, 2.05) is 48.2 Å². The van der Waals surface area contributed by atoms with E-state index in [-0.39, 0.29) is 122 Å². The number of ether oxygens (including phenoxy) is 4. The molecule has 126 heavy (non-hydrogen) atoms. The summed E-state index contributed by atoms with van der Waals surface area (Å²) in [6.07, 6.45) is 7.13. The van der Waals surface area contributed by atoms with Crippen LogP contribution in [0.25, 0.3) is 16.6 Å². The van der Waals surface area contributed by atoms with Gasteiger partial charge in [-0.15, -0.1) is 5.10 Å². The summed E-state index contributed by atoms with van der Waals surface area (Å²) < 4.78 is 42.8. The van der Waals surface area contributed by atoms with E-state index < -0.39 is 138 Å². The van der Waals surface area contributed by atoms with E-state index in [1.165, 1.54) is 54.7 Å². The van der Waals surface area contributed by atoms with E-state index in [4.69, 9.17) is 18.9 Å². The van der Waals surface area contributed by atoms with E-state index in [2.05, 4.69) is 68.8 Å². The van der Waals surface area contributed by atoms with Crippen LogP contribution in [-0.4, -0.2) is 273 Å². The number of fused-ring (bicyclic) bond motifs is 9. The van der Waals surface area contributed by atoms with Crippen LogP contribution in [0.5, 0.6) is 5.75 Å². The Morgan fingerprint density at radius 3 is 2.28 bits per heavy atom. The topological polar surface area (TPSA) is 436 Å². The number of benzene rings is 4. The Morgan fingerprint density at radius 2 is 1.48 bits per heavy atom. The van der Waals surface area contributed by atoms with Gasteiger partial charge in [0.1, 0.15) is 65.1 Å². The average Bonchev–Trinajstić information content (AvgIpc) is 1.63. The first-order valence-corrected chi connectivity index (χ1v) is 46.4. The average molecular weight is 1800 g/mol. The van der Waals surface area contributed by atoms with Crippen molar-refractivity contribution >= 4 is 117 Å². The molecule has 6 aromatic rings. The number of amides is 13. The Bertz CT molecular complexity index is 4960. The summed E-state index contributed by atoms with van der Waals surface area (Å²) in [5, 5.41) is 52.9. The molecule has 38 heteroatoms. The number of methoxy groups -OCH3 is 1. The maximum atomic E-state index is 16.4. The number of carbonyl (C=O) groups is 12. The summed E-state index contributed by atoms with van der Waals surface area (Å²) >= 11 is 4.84. The van der Waals surface area contributed by atoms with Crippen LogP contribution in [0.3, 0.4) is 0 Å². The summed E-state index contributed by atoms with van der Waals surface area (Å²) in [5.41, 5.74) is 4.19. The molecule has 7 aliphatic rings. The van der Waals surface area contributed by atoms with Gasteiger partial charge in [-0.05, 0) is 135 Å². The smallest absolute Gasteiger partial charge is 0.315 e. The van der Waals surface area contributed by atoms with Crippen molar-refractivity contribution in [1.29, 1.82) is 0 Å². The summed E-state index contributed by atoms with van der Waals surface area (Å²) in [5.74, 6) is -5.41. The molecule has 4 saturated heterocycles. The van der Waals surface area contributed by atoms with E-state index in [1.54, 1.807) is 88.9 Å². The lowest BCUT2D eigenvalue weighted by Gasteiger charge is -2.37. The van der Waals surface area contributed by atoms with Crippen LogP contribution in [0.4, 0.5) is 9.18 Å². The molecule has 7 aliphatic heterocycles. The number of hydrogen-bond donors (Lipinski definition) is 12. The van der Waals surface area contributed by atoms with Crippen molar-refractivity contribution in [3.63, 3.8) is 0 Å². The van der Waals surface area contributed by atoms with Crippen LogP contribution >= 0.6 is 35.3 Å². The van der Waals surface area contributed by atoms with Gasteiger partial charge >= 0.3 is 6.03 Å². The molecule has 676 valence electrons. The number of allylic oxidation sites excluding steroid dienone is 1. The first-order chi connectivity index (χ1) is 60.8. The third kappa shape index (κ3) is 24.6. The third-order valence-electron chi connectivity index (χ3n) is 23.6. The summed E-state index contributed by atoms with van der Waals surface area (Å²) in [6, 6.07) is 13.2. The minimum absolute atomic E-state index is 0.0174. The summed E-state index contributed by atoms with van der Waals surface area (Å²) in [7, 11) is 1.50. The number of hydrogen-bond acceptors (Lipinski definition) is 22. The van der Waals surface area contributed by atoms with Crippen LogP contribution in [0, 0.1) is 5.82 Å². The van der Waals surface area contributed by atoms with Gasteiger partial charge in [0.05, 0.1) is 82.9 Å². The molecule has 0 unspecified atom stereocenters. The van der Waals surface area contributed by atoms with Gasteiger partial charge in [0, 0.05) is 122 Å². The second-order valence-electron chi connectivity index (χ2n) is 32.9. The zero-order valence-electron chi connectivity index (χ0n) is 71.1. The van der Waals surface area contributed by atoms with Crippen LogP contribution in [0.2, 0.25) is 0 Å². The molecule has 13 rings (SSSR count). The Kier molecular flexibility index (Phi) is 32.6. The number of rotatable bonds is 20. The van der Waals surface area contributed by atoms with Gasteiger partial charge in [0.25, 0.3) is 0 Å². The van der Waals surface area contributed by atoms with E-state index >= 15 is 33.2 Å². The fraction of sp³-hybridized carbons (Fsp3) is 0.523. The molecular formula is C88H112FN17O17S3. The first kappa shape index (κ1) is 93.0. The van der Waals surface area contributed by atoms with Crippen molar-refractivity contribution in [2.75, 3.05) is 90.1 Å². The Balaban J connectivity index is 0.806. The number of aliphatic hydroxyl groups excluding tert-OH is 1. The number of aromatic nitrogens is 4. The van der Waals surface area contributed by atoms with Crippen LogP contribution in [0.1, 0.15) is 118 Å². The van der Waals surface area contributed by atoms with Crippen molar-refractivity contribution < 1.29 is 86.0 Å². The predicted molar refractivity (Wildman–Crippen MR) is 470 cm³/mol. The minimum Gasteiger partial charge on any atom is -0.497 e. The molecule has 2 aromatic heterocycles. The molecule has 34 nitrogen and oxygen atoms in total. The molecular weight excluding hydrogens is 1680 g/mol. The molecule has 0 radical (unpaired) electrons. The number of carbonyl (C=O) groups excluding carboxylic acids is 12. The Labute approximate surface area is 742 Å². The SMILES string of the molecule is COc1ccc(C[C@@H]2NC(=O)[C@H]([C@H](C)O)NC(=O)[C@@H]3[C@@H]4CCN3C(=O)[C@@H]3Cc5cn(c6ccc(F)cc56)Cc5cn(nn5)-c5cc(cc(c5)CSCCC(=O)N[C@@H](C)C(=O)N[C@@H](CNC(=O)CCOCCOCCNC(=O)CCCC[C@@H]5SC[C@H]6NC(=O)N[C@@H]56)C(=O)N[C@@H](Cc5cccc(c5)C/C=C/CO4)C(=O)N3)CSCCNC(=O)[C@]3(C)CCCN3C2=O)cc1. The molecule has 0 spiro atoms. The fourth-order valence-corrected chi connectivity index (χ4v) is 20.1. The zero-order chi connectivity index (χ0) is 89.0. The van der Waals surface area contributed by atoms with Crippen LogP contribution in [0.15, 0.2) is 109 Å². The number of urea groups is 1. The molecule has 12 N–H and O–H groups in total. The monoisotopic (exact) mass is 1790 g/mol. The molecule has 4 aromatic carbocycles. The second kappa shape index (κ2) is 44.2. The lowest BCUT2D eigenvalue weighted by Crippen LogP contribution is -2.64. The van der Waals surface area contributed by atoms with Crippen molar-refractivity contribution in [3.05, 3.63) is 154 Å². The quantitative estimate of drug-likeness (QED) is 0.0297. The predicted octanol–water partition coefficient (Wildman–Crippen LogP) is 2.62. The molecule has 9 heterocycles. The Morgan fingerprint density at radius 1 is 0.730 bits per heavy atom. The van der Waals surface area contributed by atoms with Crippen LogP contribution in [-0.2, 0) is 111 Å². The molecule has 0 aliphatic carbocycles. The lowest BCUT2D eigenvalue weighted by molar-refractivity contribution is -0.147. The number of aliphatic hydroxyl groups is 1. The standard InChI is InChI=1S/C88H112FN17O17S3/c1-52-79(111)97-68(45-92-74(109)23-31-121-33-34-122-32-26-90-73(108)15-6-5-14-72-77-69(51-126-72)98-87(119)100-77)81(113)94-65-42-56-13-9-12-54(37-56)11-7-8-30-123-71-22-29-104-78(71)83(115)99-76(53(2)107)82(114)96-66(41-55-16-19-63(120-4)20-17-55)85(117)105-28-10-25-88(105,3)86(118)91-27-36-125-50-58-38-57(49-124-35-24-75(110)93-52)39-62(40-58)106-48-61(101-102-106)47-103-46-59(43-67(84(104)116)95-80(65)112)64-44-60(89)18-21-70(64)103/h7-9,12-13,16-21,37-40,44,46,48,52-53,65-69,71-72,76-78,107H,5-6,10-11,14-15,22-36,41-43,45,47,49-51H2,1-4H3,(H,90,108)(H,91,118)(H,92,109)(H,93,110)(H,94,113)(H,95,112)(H,96,114)(H,97,111)(H,99,115)(H2,98,100,119)/b8-7+/t52-,53-,65-,66-,67-,68-,69+,71-,72-,76-,77+,78-,88-/m0/s1. The molecule has 14 bridgehead atoms. The summed E-state index contributed by atoms with van der Waals surface area (Å²) in [6.45, 7) is 4.61. The first-order valence-electron chi connectivity index (χ1n) is 43.0. The maximum Gasteiger partial charge on any atom is 0.315 e. The number of halogens is 1. The van der Waals surface area contributed by atoms with Crippen molar-refractivity contribution in [2.24, 2.45) is 0 Å². The van der Waals surface area contributed by atoms with Gasteiger partial charge in [-0.25, -0.2) is 13.9 Å². The normalized spacial score (nSPS) is 25.7. The highest BCUT2D eigenvalue weighted by atomic mass is 32.2. The lowest BCUT2D eigenvalue weighted by atomic mass is 9.95. The van der Waals surface area contributed by atoms with E-state index in [0.717, 1.165) is 35.3 Å². The molecule has 13 amide bonds. The molecule has 0 saturated carbocycles. The van der Waals surface area contributed by atoms with Gasteiger partial charge < -0.3 is 96.9 Å². The molecule has 13 atom stereocenters. The zero-order valence-corrected chi connectivity index (χ0v) is 73.5. The van der Waals surface area contributed by atoms with Crippen LogP contribution < -0.4 is 63.2 Å². The molecule has 4 fully saturated rings. The number of nitrogens with one attached hydrogen (secondary N) is 11. The number of nitrogens with zero attached hydrogens (tertiary/aromatic N) is 6. The highest BCUT2D eigenvalue weighted by Crippen LogP contribution is 2.35. The van der Waals surface area contributed by atoms with E-state index in [9.17, 15) is 33.9 Å². The van der Waals surface area contributed by atoms with Gasteiger partial charge in [0.15, 0.2) is 0 Å². The highest BCUT2D eigenvalue weighted by molar-refractivity contribution is 8.00. The second-order valence-corrected chi connectivity index (χ2v) is 36.4. The van der Waals surface area contributed by atoms with Gasteiger partial charge in [-0.3, -0.25) is 52.7 Å².